The van der Waals surface area contributed by atoms with Crippen LogP contribution < -0.4 is 4.72 Å². The molecule has 6 heteroatoms. The monoisotopic (exact) mass is 307 g/mol. The third-order valence-corrected chi connectivity index (χ3v) is 4.49. The Bertz CT molecular complexity index is 679. The molecule has 21 heavy (non-hydrogen) atoms. The summed E-state index contributed by atoms with van der Waals surface area (Å²) in [4.78, 5) is 0.130. The number of benzene rings is 2. The molecule has 0 saturated carbocycles. The van der Waals surface area contributed by atoms with Crippen LogP contribution in [0.4, 0.5) is 0 Å². The molecule has 2 aromatic rings. The molecule has 0 aliphatic rings. The van der Waals surface area contributed by atoms with Gasteiger partial charge in [0.05, 0.1) is 4.90 Å². The fourth-order valence-electron chi connectivity index (χ4n) is 1.87. The minimum absolute atomic E-state index is 0.0290. The fraction of sp³-hybridized carbons (Fsp3) is 0.200. The Balaban J connectivity index is 1.85. The molecule has 0 aromatic heterocycles. The second kappa shape index (κ2) is 6.60. The molecule has 3 N–H and O–H groups in total. The van der Waals surface area contributed by atoms with Gasteiger partial charge in [-0.15, -0.1) is 0 Å². The van der Waals surface area contributed by atoms with Crippen LogP contribution in [0.25, 0.3) is 0 Å². The molecular weight excluding hydrogens is 290 g/mol. The second-order valence-electron chi connectivity index (χ2n) is 4.66. The first-order valence-electron chi connectivity index (χ1n) is 6.54. The lowest BCUT2D eigenvalue weighted by Crippen LogP contribution is -2.25. The maximum Gasteiger partial charge on any atom is 0.240 e. The zero-order valence-electron chi connectivity index (χ0n) is 11.4. The van der Waals surface area contributed by atoms with Gasteiger partial charge in [0.1, 0.15) is 11.5 Å². The molecule has 0 atom stereocenters. The number of aryl methyl sites for hydroxylation is 1. The first kappa shape index (κ1) is 15.3. The summed E-state index contributed by atoms with van der Waals surface area (Å²) in [6.45, 7) is 0.323. The predicted octanol–water partition coefficient (Wildman–Crippen LogP) is 2.01. The van der Waals surface area contributed by atoms with E-state index in [2.05, 4.69) is 4.72 Å². The maximum absolute atomic E-state index is 12.0. The fourth-order valence-corrected chi connectivity index (χ4v) is 2.94. The molecule has 112 valence electrons. The van der Waals surface area contributed by atoms with Crippen molar-refractivity contribution >= 4 is 10.0 Å². The number of hydrogen-bond acceptors (Lipinski definition) is 4. The van der Waals surface area contributed by atoms with Crippen molar-refractivity contribution in [2.75, 3.05) is 6.54 Å². The lowest BCUT2D eigenvalue weighted by Gasteiger charge is -2.07. The Morgan fingerprint density at radius 3 is 1.95 bits per heavy atom. The zero-order chi connectivity index (χ0) is 15.3. The summed E-state index contributed by atoms with van der Waals surface area (Å²) in [6.07, 6.45) is 1.38. The largest absolute Gasteiger partial charge is 0.508 e. The molecule has 5 nitrogen and oxygen atoms in total. The van der Waals surface area contributed by atoms with Gasteiger partial charge in [0.2, 0.25) is 10.0 Å². The van der Waals surface area contributed by atoms with Crippen molar-refractivity contribution in [1.29, 1.82) is 0 Å². The number of nitrogens with one attached hydrogen (secondary N) is 1. The normalized spacial score (nSPS) is 11.4. The van der Waals surface area contributed by atoms with Crippen LogP contribution in [0, 0.1) is 0 Å². The van der Waals surface area contributed by atoms with Gasteiger partial charge in [-0.05, 0) is 54.8 Å². The summed E-state index contributed by atoms with van der Waals surface area (Å²) in [6, 6.07) is 12.2. The van der Waals surface area contributed by atoms with Crippen LogP contribution in [0.2, 0.25) is 0 Å². The third-order valence-electron chi connectivity index (χ3n) is 3.02. The first-order valence-corrected chi connectivity index (χ1v) is 8.02. The molecule has 0 heterocycles. The summed E-state index contributed by atoms with van der Waals surface area (Å²) in [5.41, 5.74) is 1.04. The standard InChI is InChI=1S/C15H17NO4S/c17-13-5-3-12(4-6-13)2-1-11-16-21(19,20)15-9-7-14(18)8-10-15/h3-10,16-18H,1-2,11H2. The first-order chi connectivity index (χ1) is 9.97. The zero-order valence-corrected chi connectivity index (χ0v) is 12.2. The molecule has 0 saturated heterocycles. The van der Waals surface area contributed by atoms with Crippen molar-refractivity contribution in [2.24, 2.45) is 0 Å². The van der Waals surface area contributed by atoms with Crippen molar-refractivity contribution in [3.05, 3.63) is 54.1 Å². The molecule has 0 fully saturated rings. The van der Waals surface area contributed by atoms with Crippen LogP contribution in [0.3, 0.4) is 0 Å². The van der Waals surface area contributed by atoms with E-state index in [1.807, 2.05) is 12.1 Å². The average Bonchev–Trinajstić information content (AvgIpc) is 2.46. The van der Waals surface area contributed by atoms with E-state index in [0.29, 0.717) is 13.0 Å². The lowest BCUT2D eigenvalue weighted by atomic mass is 10.1. The lowest BCUT2D eigenvalue weighted by molar-refractivity contribution is 0.474. The van der Waals surface area contributed by atoms with Gasteiger partial charge in [-0.25, -0.2) is 13.1 Å². The molecule has 0 amide bonds. The number of phenols is 2. The van der Waals surface area contributed by atoms with Crippen LogP contribution in [-0.4, -0.2) is 25.2 Å². The Morgan fingerprint density at radius 2 is 1.38 bits per heavy atom. The molecule has 0 unspecified atom stereocenters. The van der Waals surface area contributed by atoms with Crippen molar-refractivity contribution < 1.29 is 18.6 Å². The SMILES string of the molecule is O=S(=O)(NCCCc1ccc(O)cc1)c1ccc(O)cc1. The summed E-state index contributed by atoms with van der Waals surface area (Å²) in [5, 5.41) is 18.3. The Hall–Kier alpha value is -2.05. The van der Waals surface area contributed by atoms with Crippen LogP contribution in [-0.2, 0) is 16.4 Å². The van der Waals surface area contributed by atoms with E-state index in [1.165, 1.54) is 24.3 Å². The molecule has 2 aromatic carbocycles. The smallest absolute Gasteiger partial charge is 0.240 e. The minimum Gasteiger partial charge on any atom is -0.508 e. The van der Waals surface area contributed by atoms with Gasteiger partial charge in [0.15, 0.2) is 0 Å². The van der Waals surface area contributed by atoms with Gasteiger partial charge in [-0.3, -0.25) is 0 Å². The van der Waals surface area contributed by atoms with Gasteiger partial charge < -0.3 is 10.2 Å². The molecular formula is C15H17NO4S. The summed E-state index contributed by atoms with van der Waals surface area (Å²) < 4.78 is 26.5. The van der Waals surface area contributed by atoms with Crippen molar-refractivity contribution in [3.8, 4) is 11.5 Å². The third kappa shape index (κ3) is 4.47. The number of phenolic OH excluding ortho intramolecular Hbond substituents is 2. The van der Waals surface area contributed by atoms with Crippen LogP contribution >= 0.6 is 0 Å². The highest BCUT2D eigenvalue weighted by Crippen LogP contribution is 2.14. The highest BCUT2D eigenvalue weighted by molar-refractivity contribution is 7.89. The maximum atomic E-state index is 12.0. The van der Waals surface area contributed by atoms with E-state index in [0.717, 1.165) is 12.0 Å². The van der Waals surface area contributed by atoms with Crippen LogP contribution in [0.1, 0.15) is 12.0 Å². The second-order valence-corrected chi connectivity index (χ2v) is 6.43. The van der Waals surface area contributed by atoms with Crippen molar-refractivity contribution in [1.82, 2.24) is 4.72 Å². The van der Waals surface area contributed by atoms with Crippen molar-refractivity contribution in [3.63, 3.8) is 0 Å². The van der Waals surface area contributed by atoms with E-state index in [4.69, 9.17) is 5.11 Å². The highest BCUT2D eigenvalue weighted by Gasteiger charge is 2.12. The summed E-state index contributed by atoms with van der Waals surface area (Å²) in [7, 11) is -3.54. The van der Waals surface area contributed by atoms with E-state index in [-0.39, 0.29) is 16.4 Å². The van der Waals surface area contributed by atoms with Gasteiger partial charge in [0, 0.05) is 6.54 Å². The van der Waals surface area contributed by atoms with E-state index < -0.39 is 10.0 Å². The Kier molecular flexibility index (Phi) is 4.82. The molecule has 0 bridgehead atoms. The van der Waals surface area contributed by atoms with E-state index >= 15 is 0 Å². The summed E-state index contributed by atoms with van der Waals surface area (Å²) in [5.74, 6) is 0.244. The van der Waals surface area contributed by atoms with Gasteiger partial charge in [-0.2, -0.15) is 0 Å². The number of aromatic hydroxyl groups is 2. The topological polar surface area (TPSA) is 86.6 Å². The quantitative estimate of drug-likeness (QED) is 0.713. The highest BCUT2D eigenvalue weighted by atomic mass is 32.2. The molecule has 0 spiro atoms. The van der Waals surface area contributed by atoms with Crippen molar-refractivity contribution in [2.45, 2.75) is 17.7 Å². The summed E-state index contributed by atoms with van der Waals surface area (Å²) >= 11 is 0. The molecule has 0 radical (unpaired) electrons. The molecule has 0 aliphatic carbocycles. The predicted molar refractivity (Wildman–Crippen MR) is 79.7 cm³/mol. The minimum atomic E-state index is -3.54. The molecule has 2 rings (SSSR count). The number of hydrogen-bond donors (Lipinski definition) is 3. The molecule has 0 aliphatic heterocycles. The van der Waals surface area contributed by atoms with Crippen LogP contribution in [0.5, 0.6) is 11.5 Å². The average molecular weight is 307 g/mol. The number of rotatable bonds is 6. The Labute approximate surface area is 123 Å². The Morgan fingerprint density at radius 1 is 0.857 bits per heavy atom. The van der Waals surface area contributed by atoms with E-state index in [1.54, 1.807) is 12.1 Å². The van der Waals surface area contributed by atoms with Gasteiger partial charge in [-0.1, -0.05) is 12.1 Å². The van der Waals surface area contributed by atoms with Gasteiger partial charge in [0.25, 0.3) is 0 Å². The van der Waals surface area contributed by atoms with Crippen LogP contribution in [0.15, 0.2) is 53.4 Å². The number of sulfonamides is 1. The van der Waals surface area contributed by atoms with Gasteiger partial charge >= 0.3 is 0 Å². The van der Waals surface area contributed by atoms with E-state index in [9.17, 15) is 13.5 Å².